The van der Waals surface area contributed by atoms with Crippen molar-refractivity contribution in [1.82, 2.24) is 0 Å². The molecule has 0 bridgehead atoms. The molecule has 0 aromatic rings. The van der Waals surface area contributed by atoms with Crippen LogP contribution < -0.4 is 29.6 Å². The maximum absolute atomic E-state index is 3.15. The first kappa shape index (κ1) is 9.08. The van der Waals surface area contributed by atoms with E-state index in [0.29, 0.717) is 0 Å². The first-order valence-electron chi connectivity index (χ1n) is 0.974. The first-order chi connectivity index (χ1) is 1.41. The van der Waals surface area contributed by atoms with Gasteiger partial charge in [0.25, 0.3) is 0 Å². The molecule has 0 atom stereocenters. The average Bonchev–Trinajstić information content (AvgIpc) is 0.918. The Morgan fingerprint density at radius 2 is 2.00 bits per heavy atom. The van der Waals surface area contributed by atoms with Crippen molar-refractivity contribution < 1.29 is 31.0 Å². The van der Waals surface area contributed by atoms with Crippen LogP contribution >= 0.6 is 15.9 Å². The van der Waals surface area contributed by atoms with Gasteiger partial charge < -0.3 is 1.43 Å². The molecule has 0 N–H and O–H groups in total. The van der Waals surface area contributed by atoms with Crippen molar-refractivity contribution in [3.05, 3.63) is 0 Å². The summed E-state index contributed by atoms with van der Waals surface area (Å²) in [4.78, 5) is 0. The third-order valence-electron chi connectivity index (χ3n) is 0. The molecule has 0 saturated heterocycles. The molecule has 4 heavy (non-hydrogen) atoms. The third kappa shape index (κ3) is 9.77. The molecule has 0 spiro atoms. The normalized spacial score (nSPS) is 4.50. The summed E-state index contributed by atoms with van der Waals surface area (Å²) in [5, 5.41) is 1.06. The van der Waals surface area contributed by atoms with Crippen LogP contribution in [0.15, 0.2) is 0 Å². The molecule has 0 amide bonds. The van der Waals surface area contributed by atoms with Gasteiger partial charge in [-0.3, -0.25) is 0 Å². The Balaban J connectivity index is -0.0000000200. The quantitative estimate of drug-likeness (QED) is 0.279. The summed E-state index contributed by atoms with van der Waals surface area (Å²) < 4.78 is 0. The Hall–Kier alpha value is 1.48. The maximum atomic E-state index is 3.15. The van der Waals surface area contributed by atoms with Crippen molar-refractivity contribution in [1.29, 1.82) is 0 Å². The molecule has 0 aliphatic rings. The van der Waals surface area contributed by atoms with Gasteiger partial charge in [0.1, 0.15) is 0 Å². The Labute approximate surface area is 58.9 Å². The van der Waals surface area contributed by atoms with Gasteiger partial charge in [-0.1, -0.05) is 22.9 Å². The maximum Gasteiger partial charge on any atom is 1.00 e. The van der Waals surface area contributed by atoms with Crippen LogP contribution in [0.25, 0.3) is 0 Å². The summed E-state index contributed by atoms with van der Waals surface area (Å²) in [7, 11) is 0. The summed E-state index contributed by atoms with van der Waals surface area (Å²) >= 11 is 3.15. The van der Waals surface area contributed by atoms with E-state index in [9.17, 15) is 0 Å². The van der Waals surface area contributed by atoms with Gasteiger partial charge in [-0.05, 0) is 0 Å². The monoisotopic (exact) mass is 132 g/mol. The SMILES string of the molecule is CCBr.[H-].[Na+]. The van der Waals surface area contributed by atoms with Crippen molar-refractivity contribution in [2.45, 2.75) is 6.92 Å². The summed E-state index contributed by atoms with van der Waals surface area (Å²) in [5.74, 6) is 0. The van der Waals surface area contributed by atoms with Crippen LogP contribution in [-0.4, -0.2) is 5.33 Å². The van der Waals surface area contributed by atoms with Crippen LogP contribution in [0.5, 0.6) is 0 Å². The largest absolute Gasteiger partial charge is 1.00 e. The molecule has 0 saturated carbocycles. The molecule has 0 nitrogen and oxygen atoms in total. The Morgan fingerprint density at radius 1 is 2.00 bits per heavy atom. The van der Waals surface area contributed by atoms with E-state index in [1.165, 1.54) is 0 Å². The van der Waals surface area contributed by atoms with Gasteiger partial charge in [-0.25, -0.2) is 0 Å². The van der Waals surface area contributed by atoms with Gasteiger partial charge in [-0.15, -0.1) is 0 Å². The minimum atomic E-state index is 0. The van der Waals surface area contributed by atoms with Crippen LogP contribution in [0.1, 0.15) is 8.35 Å². The molecule has 0 heterocycles. The van der Waals surface area contributed by atoms with Crippen LogP contribution in [0.2, 0.25) is 0 Å². The van der Waals surface area contributed by atoms with Gasteiger partial charge in [0.2, 0.25) is 0 Å². The second-order valence-corrected chi connectivity index (χ2v) is 1.39. The van der Waals surface area contributed by atoms with Crippen molar-refractivity contribution in [3.8, 4) is 0 Å². The Bertz CT molecular complexity index is 9.61. The zero-order valence-electron chi connectivity index (χ0n) is 4.09. The third-order valence-corrected chi connectivity index (χ3v) is 0. The van der Waals surface area contributed by atoms with E-state index in [-0.39, 0.29) is 31.0 Å². The number of rotatable bonds is 0. The predicted octanol–water partition coefficient (Wildman–Crippen LogP) is -1.48. The molecule has 22 valence electrons. The van der Waals surface area contributed by atoms with Crippen LogP contribution in [-0.2, 0) is 0 Å². The smallest absolute Gasteiger partial charge is 1.00 e. The zero-order chi connectivity index (χ0) is 2.71. The van der Waals surface area contributed by atoms with E-state index in [1.54, 1.807) is 0 Å². The van der Waals surface area contributed by atoms with E-state index in [0.717, 1.165) is 5.33 Å². The minimum Gasteiger partial charge on any atom is -1.00 e. The fraction of sp³-hybridized carbons (Fsp3) is 1.00. The second-order valence-electron chi connectivity index (χ2n) is 0.267. The molecule has 0 rings (SSSR count). The molecule has 0 fully saturated rings. The molecule has 0 aliphatic heterocycles. The van der Waals surface area contributed by atoms with Crippen LogP contribution in [0.3, 0.4) is 0 Å². The second kappa shape index (κ2) is 8.82. The fourth-order valence-corrected chi connectivity index (χ4v) is 0. The van der Waals surface area contributed by atoms with Crippen molar-refractivity contribution in [2.24, 2.45) is 0 Å². The summed E-state index contributed by atoms with van der Waals surface area (Å²) in [6.07, 6.45) is 0. The topological polar surface area (TPSA) is 0 Å². The number of alkyl halides is 1. The molecule has 0 aromatic carbocycles. The summed E-state index contributed by atoms with van der Waals surface area (Å²) in [6, 6.07) is 0. The minimum absolute atomic E-state index is 0. The van der Waals surface area contributed by atoms with Gasteiger partial charge in [0.05, 0.1) is 0 Å². The molecule has 0 aliphatic carbocycles. The van der Waals surface area contributed by atoms with E-state index in [4.69, 9.17) is 0 Å². The summed E-state index contributed by atoms with van der Waals surface area (Å²) in [5.41, 5.74) is 0. The van der Waals surface area contributed by atoms with Gasteiger partial charge in [-0.2, -0.15) is 0 Å². The first-order valence-corrected chi connectivity index (χ1v) is 2.10. The van der Waals surface area contributed by atoms with Gasteiger partial charge in [0, 0.05) is 5.33 Å². The molecule has 2 heteroatoms. The predicted molar refractivity (Wildman–Crippen MR) is 20.6 cm³/mol. The number of hydrogen-bond acceptors (Lipinski definition) is 0. The van der Waals surface area contributed by atoms with Crippen LogP contribution in [0.4, 0.5) is 0 Å². The van der Waals surface area contributed by atoms with E-state index in [1.807, 2.05) is 6.92 Å². The van der Waals surface area contributed by atoms with Gasteiger partial charge >= 0.3 is 29.6 Å². The Morgan fingerprint density at radius 3 is 2.00 bits per heavy atom. The molecule has 0 aromatic heterocycles. The van der Waals surface area contributed by atoms with Crippen LogP contribution in [0, 0.1) is 0 Å². The molecular weight excluding hydrogens is 127 g/mol. The number of halogens is 1. The molecular formula is C2H6BrNa. The zero-order valence-corrected chi connectivity index (χ0v) is 6.67. The fourth-order valence-electron chi connectivity index (χ4n) is 0. The Kier molecular flexibility index (Phi) is 20.0. The molecule has 0 unspecified atom stereocenters. The van der Waals surface area contributed by atoms with Crippen molar-refractivity contribution in [2.75, 3.05) is 5.33 Å². The number of hydrogen-bond donors (Lipinski definition) is 0. The van der Waals surface area contributed by atoms with Gasteiger partial charge in [0.15, 0.2) is 0 Å². The summed E-state index contributed by atoms with van der Waals surface area (Å²) in [6.45, 7) is 2.04. The van der Waals surface area contributed by atoms with Crippen molar-refractivity contribution in [3.63, 3.8) is 0 Å². The van der Waals surface area contributed by atoms with E-state index >= 15 is 0 Å². The van der Waals surface area contributed by atoms with E-state index in [2.05, 4.69) is 15.9 Å². The van der Waals surface area contributed by atoms with Crippen molar-refractivity contribution >= 4 is 15.9 Å². The molecule has 0 radical (unpaired) electrons. The standard InChI is InChI=1S/C2H5Br.Na.H/c1-2-3;;/h2H2,1H3;;/q;+1;-1. The van der Waals surface area contributed by atoms with E-state index < -0.39 is 0 Å². The average molecular weight is 133 g/mol.